The molecule has 0 saturated heterocycles. The number of carbonyl (C=O) groups excluding carboxylic acids is 2. The van der Waals surface area contributed by atoms with E-state index in [0.717, 1.165) is 77.0 Å². The number of unbranched alkanes of at least 4 members (excludes halogenated alkanes) is 47. The molecule has 2 unspecified atom stereocenters. The fourth-order valence-electron chi connectivity index (χ4n) is 10.0. The molecule has 3 N–H and O–H groups in total. The fourth-order valence-corrected chi connectivity index (χ4v) is 10.0. The van der Waals surface area contributed by atoms with Crippen molar-refractivity contribution in [2.24, 2.45) is 0 Å². The molecule has 0 rings (SSSR count). The summed E-state index contributed by atoms with van der Waals surface area (Å²) in [6.45, 7) is 4.88. The molecule has 0 spiro atoms. The predicted octanol–water partition coefficient (Wildman–Crippen LogP) is 20.2. The maximum atomic E-state index is 12.5. The number of hydrogen-bond donors (Lipinski definition) is 3. The van der Waals surface area contributed by atoms with Gasteiger partial charge >= 0.3 is 5.97 Å². The summed E-state index contributed by atoms with van der Waals surface area (Å²) in [4.78, 5) is 24.6. The molecule has 0 bridgehead atoms. The van der Waals surface area contributed by atoms with Crippen LogP contribution in [0.15, 0.2) is 24.3 Å². The van der Waals surface area contributed by atoms with E-state index in [-0.39, 0.29) is 18.5 Å². The maximum absolute atomic E-state index is 12.5. The van der Waals surface area contributed by atoms with Gasteiger partial charge in [-0.25, -0.2) is 0 Å². The number of aliphatic hydroxyl groups excluding tert-OH is 2. The third kappa shape index (κ3) is 57.5. The van der Waals surface area contributed by atoms with Gasteiger partial charge in [-0.3, -0.25) is 9.59 Å². The lowest BCUT2D eigenvalue weighted by Crippen LogP contribution is -2.45. The van der Waals surface area contributed by atoms with Gasteiger partial charge in [0.25, 0.3) is 0 Å². The van der Waals surface area contributed by atoms with Crippen LogP contribution in [0.5, 0.6) is 0 Å². The lowest BCUT2D eigenvalue weighted by molar-refractivity contribution is -0.143. The molecule has 1 amide bonds. The molecule has 0 aromatic heterocycles. The molecule has 0 heterocycles. The molecule has 6 heteroatoms. The van der Waals surface area contributed by atoms with E-state index in [9.17, 15) is 19.8 Å². The van der Waals surface area contributed by atoms with Gasteiger partial charge in [0.15, 0.2) is 0 Å². The van der Waals surface area contributed by atoms with Crippen LogP contribution in [-0.4, -0.2) is 47.4 Å². The molecule has 0 aromatic rings. The second-order valence-corrected chi connectivity index (χ2v) is 22.1. The number of esters is 1. The molecule has 0 aromatic carbocycles. The zero-order valence-corrected chi connectivity index (χ0v) is 48.0. The van der Waals surface area contributed by atoms with E-state index in [4.69, 9.17) is 4.74 Å². The minimum Gasteiger partial charge on any atom is -0.466 e. The van der Waals surface area contributed by atoms with E-state index in [1.807, 2.05) is 6.08 Å². The van der Waals surface area contributed by atoms with Crippen molar-refractivity contribution in [1.82, 2.24) is 5.32 Å². The molecule has 0 saturated carbocycles. The van der Waals surface area contributed by atoms with Gasteiger partial charge in [0, 0.05) is 12.8 Å². The van der Waals surface area contributed by atoms with Crippen LogP contribution < -0.4 is 5.32 Å². The Hall–Kier alpha value is -1.66. The highest BCUT2D eigenvalue weighted by atomic mass is 16.5. The van der Waals surface area contributed by atoms with Crippen molar-refractivity contribution in [3.63, 3.8) is 0 Å². The van der Waals surface area contributed by atoms with Gasteiger partial charge in [-0.2, -0.15) is 0 Å². The zero-order valence-electron chi connectivity index (χ0n) is 48.0. The van der Waals surface area contributed by atoms with Gasteiger partial charge in [-0.1, -0.05) is 301 Å². The largest absolute Gasteiger partial charge is 0.466 e. The van der Waals surface area contributed by atoms with Gasteiger partial charge in [0.2, 0.25) is 5.91 Å². The third-order valence-corrected chi connectivity index (χ3v) is 15.0. The summed E-state index contributed by atoms with van der Waals surface area (Å²) in [5.41, 5.74) is 0. The summed E-state index contributed by atoms with van der Waals surface area (Å²) in [7, 11) is 0. The summed E-state index contributed by atoms with van der Waals surface area (Å²) in [6.07, 6.45) is 75.1. The fraction of sp³-hybridized carbons (Fsp3) is 0.908. The normalized spacial score (nSPS) is 12.7. The third-order valence-electron chi connectivity index (χ3n) is 15.0. The number of aliphatic hydroxyl groups is 2. The average Bonchev–Trinajstić information content (AvgIpc) is 3.37. The van der Waals surface area contributed by atoms with E-state index in [0.29, 0.717) is 19.4 Å². The quantitative estimate of drug-likeness (QED) is 0.0320. The minimum atomic E-state index is -0.862. The van der Waals surface area contributed by atoms with Crippen molar-refractivity contribution in [2.75, 3.05) is 13.2 Å². The highest BCUT2D eigenvalue weighted by molar-refractivity contribution is 5.76. The Kier molecular flexibility index (Phi) is 59.5. The van der Waals surface area contributed by atoms with Crippen LogP contribution in [0.4, 0.5) is 0 Å². The van der Waals surface area contributed by atoms with E-state index in [1.165, 1.54) is 250 Å². The van der Waals surface area contributed by atoms with Crippen molar-refractivity contribution in [3.8, 4) is 0 Å². The molecule has 0 aliphatic carbocycles. The molecule has 0 aliphatic rings. The van der Waals surface area contributed by atoms with Crippen molar-refractivity contribution in [1.29, 1.82) is 0 Å². The first-order valence-electron chi connectivity index (χ1n) is 32.1. The highest BCUT2D eigenvalue weighted by Crippen LogP contribution is 2.18. The minimum absolute atomic E-state index is 0.0194. The monoisotopic (exact) mass is 1000 g/mol. The molecule has 420 valence electrons. The number of carbonyl (C=O) groups is 2. The van der Waals surface area contributed by atoms with Gasteiger partial charge in [-0.05, 0) is 64.2 Å². The molecule has 0 radical (unpaired) electrons. The lowest BCUT2D eigenvalue weighted by Gasteiger charge is -2.20. The number of ether oxygens (including phenoxy) is 1. The first-order chi connectivity index (χ1) is 35.0. The highest BCUT2D eigenvalue weighted by Gasteiger charge is 2.18. The van der Waals surface area contributed by atoms with Crippen molar-refractivity contribution < 1.29 is 24.5 Å². The van der Waals surface area contributed by atoms with Gasteiger partial charge in [0.05, 0.1) is 25.4 Å². The molecule has 2 atom stereocenters. The first-order valence-corrected chi connectivity index (χ1v) is 32.1. The SMILES string of the molecule is CCCCCCCCCCCCCCCCCCCCCCCCC/C=C/C(O)C(CO)NC(=O)CCCCCCC/C=C\CCCCCOC(=O)CCCCCCCCCCCCCCCCCCC. The number of nitrogens with one attached hydrogen (secondary N) is 1. The van der Waals surface area contributed by atoms with E-state index in [2.05, 4.69) is 31.3 Å². The lowest BCUT2D eigenvalue weighted by atomic mass is 10.0. The molecule has 6 nitrogen and oxygen atoms in total. The van der Waals surface area contributed by atoms with Crippen LogP contribution in [-0.2, 0) is 14.3 Å². The van der Waals surface area contributed by atoms with Crippen molar-refractivity contribution >= 4 is 11.9 Å². The summed E-state index contributed by atoms with van der Waals surface area (Å²) >= 11 is 0. The van der Waals surface area contributed by atoms with E-state index < -0.39 is 12.1 Å². The Labute approximate surface area is 443 Å². The Balaban J connectivity index is 3.50. The molecular weight excluding hydrogens is 875 g/mol. The summed E-state index contributed by atoms with van der Waals surface area (Å²) in [6, 6.07) is -0.648. The maximum Gasteiger partial charge on any atom is 0.305 e. The standard InChI is InChI=1S/C65H125NO5/c1-3-5-7-9-11-13-15-17-19-21-22-23-24-25-26-27-28-30-31-33-37-41-45-49-53-57-63(68)62(61-67)66-64(69)58-54-50-46-42-38-35-36-40-44-48-52-56-60-71-65(70)59-55-51-47-43-39-34-32-29-20-18-16-14-12-10-8-6-4-2/h36,40,53,57,62-63,67-68H,3-35,37-39,41-52,54-56,58-61H2,1-2H3,(H,66,69)/b40-36-,57-53+. The number of amides is 1. The topological polar surface area (TPSA) is 95.9 Å². The molecule has 0 aliphatic heterocycles. The Morgan fingerprint density at radius 1 is 0.380 bits per heavy atom. The van der Waals surface area contributed by atoms with E-state index in [1.54, 1.807) is 6.08 Å². The number of allylic oxidation sites excluding steroid dienone is 3. The first kappa shape index (κ1) is 69.3. The van der Waals surface area contributed by atoms with E-state index >= 15 is 0 Å². The zero-order chi connectivity index (χ0) is 51.4. The van der Waals surface area contributed by atoms with Crippen LogP contribution in [0.25, 0.3) is 0 Å². The molecule has 0 fully saturated rings. The Morgan fingerprint density at radius 3 is 1.00 bits per heavy atom. The number of rotatable bonds is 60. The second-order valence-electron chi connectivity index (χ2n) is 22.1. The Morgan fingerprint density at radius 2 is 0.662 bits per heavy atom. The molecular formula is C65H125NO5. The Bertz CT molecular complexity index is 1110. The van der Waals surface area contributed by atoms with Gasteiger partial charge in [0.1, 0.15) is 0 Å². The van der Waals surface area contributed by atoms with Gasteiger partial charge < -0.3 is 20.3 Å². The van der Waals surface area contributed by atoms with Crippen LogP contribution in [0.2, 0.25) is 0 Å². The van der Waals surface area contributed by atoms with Crippen LogP contribution >= 0.6 is 0 Å². The summed E-state index contributed by atoms with van der Waals surface area (Å²) < 4.78 is 5.47. The second kappa shape index (κ2) is 60.9. The smallest absolute Gasteiger partial charge is 0.305 e. The summed E-state index contributed by atoms with van der Waals surface area (Å²) in [5.74, 6) is -0.109. The van der Waals surface area contributed by atoms with Crippen LogP contribution in [0.3, 0.4) is 0 Å². The molecule has 71 heavy (non-hydrogen) atoms. The van der Waals surface area contributed by atoms with Gasteiger partial charge in [-0.15, -0.1) is 0 Å². The van der Waals surface area contributed by atoms with Crippen molar-refractivity contribution in [3.05, 3.63) is 24.3 Å². The number of hydrogen-bond acceptors (Lipinski definition) is 5. The van der Waals surface area contributed by atoms with Crippen LogP contribution in [0, 0.1) is 0 Å². The summed E-state index contributed by atoms with van der Waals surface area (Å²) in [5, 5.41) is 23.2. The predicted molar refractivity (Wildman–Crippen MR) is 310 cm³/mol. The average molecular weight is 1000 g/mol. The van der Waals surface area contributed by atoms with Crippen molar-refractivity contribution in [2.45, 2.75) is 366 Å². The van der Waals surface area contributed by atoms with Crippen LogP contribution in [0.1, 0.15) is 354 Å².